The number of nitrogens with one attached hydrogen (secondary N) is 1. The van der Waals surface area contributed by atoms with Gasteiger partial charge in [0.1, 0.15) is 4.90 Å². The van der Waals surface area contributed by atoms with Gasteiger partial charge < -0.3 is 5.32 Å². The summed E-state index contributed by atoms with van der Waals surface area (Å²) in [4.78, 5) is 10.5. The molecule has 0 aliphatic rings. The molecule has 9 heteroatoms. The maximum Gasteiger partial charge on any atom is 0.246 e. The molecule has 1 aromatic carbocycles. The Labute approximate surface area is 120 Å². The van der Waals surface area contributed by atoms with Crippen molar-refractivity contribution in [1.29, 1.82) is 0 Å². The lowest BCUT2D eigenvalue weighted by molar-refractivity contribution is -0.121. The van der Waals surface area contributed by atoms with E-state index in [0.717, 1.165) is 7.05 Å². The number of hydrogen-bond donors (Lipinski definition) is 1. The minimum atomic E-state index is -4.45. The predicted octanol–water partition coefficient (Wildman–Crippen LogP) is 1.25. The number of halogens is 3. The maximum absolute atomic E-state index is 13.5. The molecule has 1 rings (SSSR count). The predicted molar refractivity (Wildman–Crippen MR) is 69.4 cm³/mol. The van der Waals surface area contributed by atoms with E-state index in [0.29, 0.717) is 16.4 Å². The van der Waals surface area contributed by atoms with E-state index in [4.69, 9.17) is 0 Å². The van der Waals surface area contributed by atoms with Crippen LogP contribution in [0.4, 0.5) is 13.2 Å². The summed E-state index contributed by atoms with van der Waals surface area (Å²) in [5, 5.41) is 2.46. The fourth-order valence-electron chi connectivity index (χ4n) is 1.53. The van der Waals surface area contributed by atoms with E-state index in [1.54, 1.807) is 13.8 Å². The molecule has 0 heterocycles. The van der Waals surface area contributed by atoms with Gasteiger partial charge >= 0.3 is 0 Å². The van der Waals surface area contributed by atoms with E-state index in [1.807, 2.05) is 0 Å². The Hall–Kier alpha value is -1.61. The highest BCUT2D eigenvalue weighted by atomic mass is 32.2. The number of carbonyl (C=O) groups excluding carboxylic acids is 1. The van der Waals surface area contributed by atoms with Crippen LogP contribution < -0.4 is 5.32 Å². The molecule has 0 aromatic heterocycles. The standard InChI is InChI=1S/C12H15F3N2O3S/c1-7(2)16-10(18)6-17(3)21(19,20)9-5-4-8(13)11(14)12(9)15/h4-5,7H,6H2,1-3H3,(H,16,18). The summed E-state index contributed by atoms with van der Waals surface area (Å²) in [5.74, 6) is -5.78. The van der Waals surface area contributed by atoms with Crippen LogP contribution in [0.3, 0.4) is 0 Å². The fourth-order valence-corrected chi connectivity index (χ4v) is 2.71. The quantitative estimate of drug-likeness (QED) is 0.829. The first-order valence-electron chi connectivity index (χ1n) is 5.96. The second-order valence-electron chi connectivity index (χ2n) is 4.66. The second kappa shape index (κ2) is 6.44. The molecule has 1 N–H and O–H groups in total. The molecule has 0 aliphatic heterocycles. The van der Waals surface area contributed by atoms with Gasteiger partial charge in [0.05, 0.1) is 6.54 Å². The third-order valence-electron chi connectivity index (χ3n) is 2.50. The SMILES string of the molecule is CC(C)NC(=O)CN(C)S(=O)(=O)c1ccc(F)c(F)c1F. The molecule has 0 spiro atoms. The smallest absolute Gasteiger partial charge is 0.246 e. The Morgan fingerprint density at radius 3 is 2.33 bits per heavy atom. The van der Waals surface area contributed by atoms with Crippen molar-refractivity contribution in [3.05, 3.63) is 29.6 Å². The van der Waals surface area contributed by atoms with Gasteiger partial charge in [-0.25, -0.2) is 21.6 Å². The monoisotopic (exact) mass is 324 g/mol. The third-order valence-corrected chi connectivity index (χ3v) is 4.32. The lowest BCUT2D eigenvalue weighted by atomic mass is 10.3. The van der Waals surface area contributed by atoms with Crippen LogP contribution in [0.25, 0.3) is 0 Å². The van der Waals surface area contributed by atoms with E-state index >= 15 is 0 Å². The van der Waals surface area contributed by atoms with Gasteiger partial charge in [-0.3, -0.25) is 4.79 Å². The van der Waals surface area contributed by atoms with E-state index in [-0.39, 0.29) is 6.04 Å². The van der Waals surface area contributed by atoms with Crippen molar-refractivity contribution < 1.29 is 26.4 Å². The molecule has 21 heavy (non-hydrogen) atoms. The van der Waals surface area contributed by atoms with Gasteiger partial charge in [0, 0.05) is 13.1 Å². The summed E-state index contributed by atoms with van der Waals surface area (Å²) in [6.45, 7) is 2.79. The summed E-state index contributed by atoms with van der Waals surface area (Å²) in [7, 11) is -3.41. The van der Waals surface area contributed by atoms with Crippen LogP contribution in [0.15, 0.2) is 17.0 Å². The number of benzene rings is 1. The zero-order valence-electron chi connectivity index (χ0n) is 11.7. The van der Waals surface area contributed by atoms with Crippen LogP contribution >= 0.6 is 0 Å². The molecule has 5 nitrogen and oxygen atoms in total. The molecule has 0 unspecified atom stereocenters. The zero-order valence-corrected chi connectivity index (χ0v) is 12.5. The van der Waals surface area contributed by atoms with Crippen LogP contribution in [0, 0.1) is 17.5 Å². The third kappa shape index (κ3) is 3.94. The number of rotatable bonds is 5. The molecule has 1 aromatic rings. The molecule has 0 saturated carbocycles. The van der Waals surface area contributed by atoms with Crippen molar-refractivity contribution >= 4 is 15.9 Å². The summed E-state index contributed by atoms with van der Waals surface area (Å²) in [5.41, 5.74) is 0. The number of sulfonamides is 1. The molecule has 0 bridgehead atoms. The highest BCUT2D eigenvalue weighted by molar-refractivity contribution is 7.89. The van der Waals surface area contributed by atoms with Crippen LogP contribution in [-0.4, -0.2) is 38.3 Å². The molecule has 0 fully saturated rings. The number of carbonyl (C=O) groups is 1. The molecule has 1 amide bonds. The first kappa shape index (κ1) is 17.4. The van der Waals surface area contributed by atoms with Crippen LogP contribution in [0.2, 0.25) is 0 Å². The van der Waals surface area contributed by atoms with Crippen molar-refractivity contribution in [2.24, 2.45) is 0 Å². The van der Waals surface area contributed by atoms with Crippen molar-refractivity contribution in [1.82, 2.24) is 9.62 Å². The van der Waals surface area contributed by atoms with Crippen molar-refractivity contribution in [2.45, 2.75) is 24.8 Å². The Morgan fingerprint density at radius 1 is 1.24 bits per heavy atom. The minimum Gasteiger partial charge on any atom is -0.353 e. The number of hydrogen-bond acceptors (Lipinski definition) is 3. The molecule has 0 radical (unpaired) electrons. The highest BCUT2D eigenvalue weighted by Crippen LogP contribution is 2.22. The van der Waals surface area contributed by atoms with Crippen LogP contribution in [-0.2, 0) is 14.8 Å². The molecule has 0 atom stereocenters. The molecule has 118 valence electrons. The Bertz CT molecular complexity index is 647. The van der Waals surface area contributed by atoms with E-state index in [1.165, 1.54) is 0 Å². The van der Waals surface area contributed by atoms with E-state index < -0.39 is 44.8 Å². The lowest BCUT2D eigenvalue weighted by Gasteiger charge is -2.18. The van der Waals surface area contributed by atoms with E-state index in [9.17, 15) is 26.4 Å². The molecule has 0 saturated heterocycles. The summed E-state index contributed by atoms with van der Waals surface area (Å²) in [6, 6.07) is 0.918. The van der Waals surface area contributed by atoms with Crippen molar-refractivity contribution in [3.8, 4) is 0 Å². The van der Waals surface area contributed by atoms with Gasteiger partial charge in [-0.05, 0) is 26.0 Å². The summed E-state index contributed by atoms with van der Waals surface area (Å²) >= 11 is 0. The first-order valence-corrected chi connectivity index (χ1v) is 7.40. The second-order valence-corrected chi connectivity index (χ2v) is 6.67. The van der Waals surface area contributed by atoms with Gasteiger partial charge in [0.25, 0.3) is 0 Å². The van der Waals surface area contributed by atoms with Crippen molar-refractivity contribution in [3.63, 3.8) is 0 Å². The van der Waals surface area contributed by atoms with Crippen LogP contribution in [0.5, 0.6) is 0 Å². The summed E-state index contributed by atoms with van der Waals surface area (Å²) in [6.07, 6.45) is 0. The average molecular weight is 324 g/mol. The van der Waals surface area contributed by atoms with Gasteiger partial charge in [0.2, 0.25) is 15.9 Å². The minimum absolute atomic E-state index is 0.200. The Morgan fingerprint density at radius 2 is 1.81 bits per heavy atom. The largest absolute Gasteiger partial charge is 0.353 e. The fraction of sp³-hybridized carbons (Fsp3) is 0.417. The molecule has 0 aliphatic carbocycles. The topological polar surface area (TPSA) is 66.5 Å². The highest BCUT2D eigenvalue weighted by Gasteiger charge is 2.29. The van der Waals surface area contributed by atoms with Gasteiger partial charge in [0.15, 0.2) is 17.5 Å². The summed E-state index contributed by atoms with van der Waals surface area (Å²) < 4.78 is 64.1. The Balaban J connectivity index is 3.06. The maximum atomic E-state index is 13.5. The number of nitrogens with zero attached hydrogens (tertiary/aromatic N) is 1. The molecular weight excluding hydrogens is 309 g/mol. The first-order chi connectivity index (χ1) is 9.57. The van der Waals surface area contributed by atoms with Gasteiger partial charge in [-0.2, -0.15) is 4.31 Å². The van der Waals surface area contributed by atoms with Gasteiger partial charge in [-0.15, -0.1) is 0 Å². The van der Waals surface area contributed by atoms with Crippen LogP contribution in [0.1, 0.15) is 13.8 Å². The normalized spacial score (nSPS) is 12.0. The van der Waals surface area contributed by atoms with Gasteiger partial charge in [-0.1, -0.05) is 0 Å². The number of likely N-dealkylation sites (N-methyl/N-ethyl adjacent to an activating group) is 1. The Kier molecular flexibility index (Phi) is 5.35. The number of amides is 1. The molecular formula is C12H15F3N2O3S. The van der Waals surface area contributed by atoms with Crippen molar-refractivity contribution in [2.75, 3.05) is 13.6 Å². The lowest BCUT2D eigenvalue weighted by Crippen LogP contribution is -2.41. The average Bonchev–Trinajstić information content (AvgIpc) is 2.34. The van der Waals surface area contributed by atoms with E-state index in [2.05, 4.69) is 5.32 Å². The zero-order chi connectivity index (χ0) is 16.4.